The molecule has 0 bridgehead atoms. The van der Waals surface area contributed by atoms with Crippen LogP contribution in [0.2, 0.25) is 0 Å². The third kappa shape index (κ3) is 2.82. The normalized spacial score (nSPS) is 15.7. The number of aromatic nitrogens is 3. The Bertz CT molecular complexity index is 824. The van der Waals surface area contributed by atoms with Gasteiger partial charge in [0, 0.05) is 24.1 Å². The number of nitrogens with two attached hydrogens (primary N) is 1. The van der Waals surface area contributed by atoms with E-state index in [4.69, 9.17) is 5.73 Å². The number of hydrogen-bond donors (Lipinski definition) is 2. The molecule has 1 fully saturated rings. The van der Waals surface area contributed by atoms with Gasteiger partial charge in [0.05, 0.1) is 4.90 Å². The third-order valence-electron chi connectivity index (χ3n) is 4.60. The lowest BCUT2D eigenvalue weighted by molar-refractivity contribution is 0.362. The lowest BCUT2D eigenvalue weighted by Crippen LogP contribution is -2.15. The van der Waals surface area contributed by atoms with Crippen LogP contribution in [0.1, 0.15) is 38.1 Å². The lowest BCUT2D eigenvalue weighted by Gasteiger charge is -2.24. The average molecular weight is 339 g/mol. The first-order chi connectivity index (χ1) is 11.8. The number of rotatable bonds is 4. The van der Waals surface area contributed by atoms with E-state index in [0.717, 1.165) is 27.6 Å². The minimum Gasteiger partial charge on any atom is -0.384 e. The Kier molecular flexibility index (Phi) is 4.30. The monoisotopic (exact) mass is 339 g/mol. The van der Waals surface area contributed by atoms with Crippen molar-refractivity contribution in [1.82, 2.24) is 14.5 Å². The van der Waals surface area contributed by atoms with Crippen LogP contribution in [0.3, 0.4) is 0 Å². The standard InChI is InChI=1S/C18H21N5S/c19-17-16(24-22-13-7-3-1-4-8-13)15-18(21-12-11-20-15)23(17)14-9-5-2-6-10-14/h1,3-4,7-8,11-12,14,22H,2,5-6,9-10,19H2. The van der Waals surface area contributed by atoms with Gasteiger partial charge in [-0.15, -0.1) is 0 Å². The van der Waals surface area contributed by atoms with Crippen molar-refractivity contribution in [1.29, 1.82) is 0 Å². The predicted molar refractivity (Wildman–Crippen MR) is 100.0 cm³/mol. The zero-order chi connectivity index (χ0) is 16.4. The van der Waals surface area contributed by atoms with Crippen LogP contribution < -0.4 is 10.5 Å². The van der Waals surface area contributed by atoms with Gasteiger partial charge in [-0.25, -0.2) is 9.97 Å². The van der Waals surface area contributed by atoms with E-state index in [9.17, 15) is 0 Å². The van der Waals surface area contributed by atoms with Gasteiger partial charge in [-0.2, -0.15) is 0 Å². The third-order valence-corrected chi connectivity index (χ3v) is 5.54. The van der Waals surface area contributed by atoms with Crippen LogP contribution in [0.5, 0.6) is 0 Å². The highest BCUT2D eigenvalue weighted by atomic mass is 32.2. The summed E-state index contributed by atoms with van der Waals surface area (Å²) in [5.41, 5.74) is 9.36. The van der Waals surface area contributed by atoms with Crippen molar-refractivity contribution in [2.45, 2.75) is 43.0 Å². The second-order valence-electron chi connectivity index (χ2n) is 6.17. The molecule has 0 saturated heterocycles. The van der Waals surface area contributed by atoms with Crippen molar-refractivity contribution in [2.75, 3.05) is 10.5 Å². The van der Waals surface area contributed by atoms with Gasteiger partial charge in [0.2, 0.25) is 0 Å². The van der Waals surface area contributed by atoms with E-state index in [2.05, 4.69) is 19.3 Å². The Hall–Kier alpha value is -2.21. The molecule has 24 heavy (non-hydrogen) atoms. The van der Waals surface area contributed by atoms with E-state index in [0.29, 0.717) is 6.04 Å². The zero-order valence-corrected chi connectivity index (χ0v) is 14.3. The number of fused-ring (bicyclic) bond motifs is 1. The predicted octanol–water partition coefficient (Wildman–Crippen LogP) is 4.64. The number of benzene rings is 1. The maximum Gasteiger partial charge on any atom is 0.161 e. The Balaban J connectivity index is 1.71. The van der Waals surface area contributed by atoms with Gasteiger partial charge in [-0.05, 0) is 36.9 Å². The number of nitrogens with one attached hydrogen (secondary N) is 1. The molecule has 3 N–H and O–H groups in total. The van der Waals surface area contributed by atoms with Gasteiger partial charge in [0.1, 0.15) is 11.3 Å². The molecule has 1 aromatic carbocycles. The molecular formula is C18H21N5S. The maximum absolute atomic E-state index is 6.53. The number of hydrogen-bond acceptors (Lipinski definition) is 5. The molecule has 3 aromatic rings. The van der Waals surface area contributed by atoms with Gasteiger partial charge in [0.25, 0.3) is 0 Å². The SMILES string of the molecule is Nc1c(SNc2ccccc2)c2nccnc2n1C1CCCCC1. The first kappa shape index (κ1) is 15.3. The Morgan fingerprint density at radius 1 is 1.04 bits per heavy atom. The van der Waals surface area contributed by atoms with Crippen molar-refractivity contribution in [2.24, 2.45) is 0 Å². The van der Waals surface area contributed by atoms with Gasteiger partial charge in [-0.3, -0.25) is 0 Å². The zero-order valence-electron chi connectivity index (χ0n) is 13.5. The summed E-state index contributed by atoms with van der Waals surface area (Å²) in [6.07, 6.45) is 9.66. The fourth-order valence-corrected chi connectivity index (χ4v) is 4.24. The van der Waals surface area contributed by atoms with Crippen LogP contribution in [0.4, 0.5) is 11.5 Å². The Morgan fingerprint density at radius 3 is 2.58 bits per heavy atom. The summed E-state index contributed by atoms with van der Waals surface area (Å²) in [7, 11) is 0. The van der Waals surface area contributed by atoms with Gasteiger partial charge < -0.3 is 15.0 Å². The molecule has 5 nitrogen and oxygen atoms in total. The number of nitrogen functional groups attached to an aromatic ring is 1. The van der Waals surface area contributed by atoms with E-state index < -0.39 is 0 Å². The molecule has 0 amide bonds. The summed E-state index contributed by atoms with van der Waals surface area (Å²) >= 11 is 1.52. The molecule has 4 rings (SSSR count). The summed E-state index contributed by atoms with van der Waals surface area (Å²) in [6, 6.07) is 10.5. The quantitative estimate of drug-likeness (QED) is 0.678. The van der Waals surface area contributed by atoms with Gasteiger partial charge >= 0.3 is 0 Å². The van der Waals surface area contributed by atoms with Crippen LogP contribution in [0.25, 0.3) is 11.2 Å². The largest absolute Gasteiger partial charge is 0.384 e. The van der Waals surface area contributed by atoms with E-state index >= 15 is 0 Å². The Morgan fingerprint density at radius 2 is 1.79 bits per heavy atom. The Labute approximate surface area is 145 Å². The highest BCUT2D eigenvalue weighted by Crippen LogP contribution is 2.40. The molecule has 0 aliphatic heterocycles. The van der Waals surface area contributed by atoms with Crippen molar-refractivity contribution in [3.8, 4) is 0 Å². The van der Waals surface area contributed by atoms with Crippen molar-refractivity contribution >= 4 is 34.6 Å². The fraction of sp³-hybridized carbons (Fsp3) is 0.333. The minimum atomic E-state index is 0.434. The first-order valence-corrected chi connectivity index (χ1v) is 9.24. The molecule has 0 atom stereocenters. The van der Waals surface area contributed by atoms with E-state index in [1.165, 1.54) is 44.1 Å². The van der Waals surface area contributed by atoms with Crippen molar-refractivity contribution < 1.29 is 0 Å². The topological polar surface area (TPSA) is 68.8 Å². The van der Waals surface area contributed by atoms with E-state index in [1.54, 1.807) is 12.4 Å². The number of nitrogens with zero attached hydrogens (tertiary/aromatic N) is 3. The number of anilines is 2. The molecule has 2 heterocycles. The average Bonchev–Trinajstić information content (AvgIpc) is 2.93. The van der Waals surface area contributed by atoms with Crippen molar-refractivity contribution in [3.05, 3.63) is 42.7 Å². The summed E-state index contributed by atoms with van der Waals surface area (Å²) in [6.45, 7) is 0. The molecule has 2 aromatic heterocycles. The molecular weight excluding hydrogens is 318 g/mol. The molecule has 1 aliphatic rings. The molecule has 0 spiro atoms. The van der Waals surface area contributed by atoms with Crippen LogP contribution in [0, 0.1) is 0 Å². The second-order valence-corrected chi connectivity index (χ2v) is 6.99. The molecule has 1 saturated carbocycles. The van der Waals surface area contributed by atoms with E-state index in [-0.39, 0.29) is 0 Å². The molecule has 1 aliphatic carbocycles. The molecule has 0 radical (unpaired) electrons. The van der Waals surface area contributed by atoms with Crippen LogP contribution in [0.15, 0.2) is 47.6 Å². The fourth-order valence-electron chi connectivity index (χ4n) is 3.44. The smallest absolute Gasteiger partial charge is 0.161 e. The molecule has 0 unspecified atom stereocenters. The second kappa shape index (κ2) is 6.73. The van der Waals surface area contributed by atoms with E-state index in [1.807, 2.05) is 30.3 Å². The van der Waals surface area contributed by atoms with Crippen LogP contribution in [-0.4, -0.2) is 14.5 Å². The summed E-state index contributed by atoms with van der Waals surface area (Å²) in [5, 5.41) is 0. The van der Waals surface area contributed by atoms with Gasteiger partial charge in [0.15, 0.2) is 5.65 Å². The van der Waals surface area contributed by atoms with Crippen molar-refractivity contribution in [3.63, 3.8) is 0 Å². The summed E-state index contributed by atoms with van der Waals surface area (Å²) < 4.78 is 5.57. The molecule has 124 valence electrons. The summed E-state index contributed by atoms with van der Waals surface area (Å²) in [5.74, 6) is 0.775. The number of para-hydroxylation sites is 1. The molecule has 6 heteroatoms. The lowest BCUT2D eigenvalue weighted by atomic mass is 9.95. The minimum absolute atomic E-state index is 0.434. The summed E-state index contributed by atoms with van der Waals surface area (Å²) in [4.78, 5) is 10.1. The van der Waals surface area contributed by atoms with Gasteiger partial charge in [-0.1, -0.05) is 37.5 Å². The first-order valence-electron chi connectivity index (χ1n) is 8.43. The van der Waals surface area contributed by atoms with Crippen LogP contribution >= 0.6 is 11.9 Å². The maximum atomic E-state index is 6.53. The highest BCUT2D eigenvalue weighted by Gasteiger charge is 2.24. The van der Waals surface area contributed by atoms with Crippen LogP contribution in [-0.2, 0) is 0 Å². The highest BCUT2D eigenvalue weighted by molar-refractivity contribution is 8.01.